The molecule has 0 aromatic heterocycles. The minimum absolute atomic E-state index is 0.107. The lowest BCUT2D eigenvalue weighted by Gasteiger charge is -2.13. The van der Waals surface area contributed by atoms with Crippen molar-refractivity contribution in [2.75, 3.05) is 0 Å². The van der Waals surface area contributed by atoms with Gasteiger partial charge in [-0.3, -0.25) is 0 Å². The highest BCUT2D eigenvalue weighted by Crippen LogP contribution is 2.27. The van der Waals surface area contributed by atoms with Crippen molar-refractivity contribution in [2.45, 2.75) is 12.2 Å². The highest BCUT2D eigenvalue weighted by molar-refractivity contribution is 6.19. The van der Waals surface area contributed by atoms with Crippen LogP contribution in [-0.2, 0) is 11.3 Å². The lowest BCUT2D eigenvalue weighted by Crippen LogP contribution is -2.03. The summed E-state index contributed by atoms with van der Waals surface area (Å²) in [4.78, 5) is 0. The molecule has 0 fully saturated rings. The summed E-state index contributed by atoms with van der Waals surface area (Å²) in [5.41, 5.74) is -1.54. The third-order valence-electron chi connectivity index (χ3n) is 2.71. The van der Waals surface area contributed by atoms with Crippen LogP contribution in [0, 0.1) is 23.3 Å². The summed E-state index contributed by atoms with van der Waals surface area (Å²) in [6, 6.07) is 4.34. The summed E-state index contributed by atoms with van der Waals surface area (Å²) in [5, 5.41) is 9.01. The van der Waals surface area contributed by atoms with E-state index < -0.39 is 46.8 Å². The largest absolute Gasteiger partial charge is 0.508 e. The number of alkyl halides is 1. The first-order valence-electron chi connectivity index (χ1n) is 5.76. The normalized spacial score (nSPS) is 12.4. The van der Waals surface area contributed by atoms with Gasteiger partial charge < -0.3 is 9.84 Å². The van der Waals surface area contributed by atoms with Crippen molar-refractivity contribution in [3.8, 4) is 5.75 Å². The molecule has 1 unspecified atom stereocenters. The van der Waals surface area contributed by atoms with Gasteiger partial charge in [-0.2, -0.15) is 0 Å². The van der Waals surface area contributed by atoms with E-state index in [9.17, 15) is 17.6 Å². The van der Waals surface area contributed by atoms with Crippen LogP contribution in [0.1, 0.15) is 16.7 Å². The molecule has 0 heterocycles. The van der Waals surface area contributed by atoms with E-state index in [0.29, 0.717) is 0 Å². The van der Waals surface area contributed by atoms with Gasteiger partial charge >= 0.3 is 0 Å². The second-order valence-electron chi connectivity index (χ2n) is 4.19. The molecule has 0 aliphatic carbocycles. The number of hydrogen-bond donors (Lipinski definition) is 1. The molecule has 0 aliphatic rings. The van der Waals surface area contributed by atoms with Gasteiger partial charge in [0.2, 0.25) is 0 Å². The molecule has 0 amide bonds. The second-order valence-corrected chi connectivity index (χ2v) is 4.58. The van der Waals surface area contributed by atoms with E-state index in [1.165, 1.54) is 6.07 Å². The average molecular weight is 321 g/mol. The first-order chi connectivity index (χ1) is 9.88. The van der Waals surface area contributed by atoms with Gasteiger partial charge in [0.05, 0.1) is 6.61 Å². The van der Waals surface area contributed by atoms with Gasteiger partial charge in [0, 0.05) is 17.7 Å². The Balaban J connectivity index is 2.11. The topological polar surface area (TPSA) is 29.5 Å². The Morgan fingerprint density at radius 1 is 0.952 bits per heavy atom. The van der Waals surface area contributed by atoms with Crippen LogP contribution in [-0.4, -0.2) is 5.11 Å². The van der Waals surface area contributed by atoms with Crippen molar-refractivity contribution >= 4 is 11.6 Å². The summed E-state index contributed by atoms with van der Waals surface area (Å²) in [5.74, 6) is -4.71. The lowest BCUT2D eigenvalue weighted by molar-refractivity contribution is 0.0895. The van der Waals surface area contributed by atoms with Crippen LogP contribution in [0.25, 0.3) is 0 Å². The molecule has 7 heteroatoms. The number of phenols is 1. The van der Waals surface area contributed by atoms with Crippen molar-refractivity contribution in [1.82, 2.24) is 0 Å². The molecule has 0 bridgehead atoms. The number of halogens is 5. The number of hydrogen-bond acceptors (Lipinski definition) is 2. The molecule has 0 saturated carbocycles. The van der Waals surface area contributed by atoms with Crippen LogP contribution in [0.5, 0.6) is 5.75 Å². The Bertz CT molecular complexity index is 640. The highest BCUT2D eigenvalue weighted by Gasteiger charge is 2.16. The zero-order valence-electron chi connectivity index (χ0n) is 10.4. The number of rotatable bonds is 4. The Hall–Kier alpha value is -1.79. The van der Waals surface area contributed by atoms with Crippen LogP contribution in [0.4, 0.5) is 17.6 Å². The molecule has 1 atom stereocenters. The summed E-state index contributed by atoms with van der Waals surface area (Å²) in [7, 11) is 0. The molecule has 0 spiro atoms. The molecule has 1 N–H and O–H groups in total. The maximum absolute atomic E-state index is 13.4. The Kier molecular flexibility index (Phi) is 4.69. The lowest BCUT2D eigenvalue weighted by atomic mass is 10.2. The van der Waals surface area contributed by atoms with Crippen LogP contribution in [0.3, 0.4) is 0 Å². The smallest absolute Gasteiger partial charge is 0.159 e. The monoisotopic (exact) mass is 320 g/mol. The van der Waals surface area contributed by atoms with Gasteiger partial charge in [-0.05, 0) is 17.7 Å². The van der Waals surface area contributed by atoms with Crippen molar-refractivity contribution in [3.05, 3.63) is 64.7 Å². The fourth-order valence-corrected chi connectivity index (χ4v) is 1.83. The zero-order chi connectivity index (χ0) is 15.6. The number of phenolic OH excluding ortho intramolecular Hbond substituents is 1. The van der Waals surface area contributed by atoms with E-state index in [0.717, 1.165) is 24.3 Å². The van der Waals surface area contributed by atoms with Crippen molar-refractivity contribution in [1.29, 1.82) is 0 Å². The van der Waals surface area contributed by atoms with Crippen molar-refractivity contribution < 1.29 is 27.4 Å². The summed E-state index contributed by atoms with van der Waals surface area (Å²) in [6.07, 6.45) is 0. The van der Waals surface area contributed by atoms with Gasteiger partial charge in [-0.15, -0.1) is 0 Å². The SMILES string of the molecule is Oc1cc(F)c(COC(Cl)c2ccc(F)c(F)c2)c(F)c1. The molecule has 2 rings (SSSR count). The third kappa shape index (κ3) is 3.65. The molecular formula is C14H9ClF4O2. The quantitative estimate of drug-likeness (QED) is 0.668. The minimum atomic E-state index is -1.22. The second kappa shape index (κ2) is 6.32. The summed E-state index contributed by atoms with van der Waals surface area (Å²) in [6.45, 7) is -0.537. The summed E-state index contributed by atoms with van der Waals surface area (Å²) < 4.78 is 57.7. The number of ether oxygens (including phenoxy) is 1. The van der Waals surface area contributed by atoms with Gasteiger partial charge in [0.1, 0.15) is 17.4 Å². The van der Waals surface area contributed by atoms with E-state index in [-0.39, 0.29) is 5.56 Å². The highest BCUT2D eigenvalue weighted by atomic mass is 35.5. The molecule has 0 saturated heterocycles. The number of benzene rings is 2. The molecule has 2 nitrogen and oxygen atoms in total. The van der Waals surface area contributed by atoms with Gasteiger partial charge in [0.25, 0.3) is 0 Å². The molecule has 112 valence electrons. The Labute approximate surface area is 122 Å². The van der Waals surface area contributed by atoms with Crippen molar-refractivity contribution in [2.24, 2.45) is 0 Å². The molecule has 0 aliphatic heterocycles. The molecule has 21 heavy (non-hydrogen) atoms. The first kappa shape index (κ1) is 15.6. The predicted octanol–water partition coefficient (Wildman–Crippen LogP) is 4.40. The maximum Gasteiger partial charge on any atom is 0.159 e. The van der Waals surface area contributed by atoms with E-state index in [1.54, 1.807) is 0 Å². The van der Waals surface area contributed by atoms with E-state index in [1.807, 2.05) is 0 Å². The molecule has 2 aromatic carbocycles. The minimum Gasteiger partial charge on any atom is -0.508 e. The Morgan fingerprint density at radius 3 is 2.14 bits per heavy atom. The zero-order valence-corrected chi connectivity index (χ0v) is 11.2. The molecule has 0 radical (unpaired) electrons. The van der Waals surface area contributed by atoms with E-state index in [4.69, 9.17) is 21.4 Å². The molecule has 2 aromatic rings. The maximum atomic E-state index is 13.4. The van der Waals surface area contributed by atoms with E-state index in [2.05, 4.69) is 0 Å². The van der Waals surface area contributed by atoms with Gasteiger partial charge in [-0.25, -0.2) is 17.6 Å². The standard InChI is InChI=1S/C14H9ClF4O2/c15-14(7-1-2-10(16)13(19)3-7)21-6-9-11(17)4-8(20)5-12(9)18/h1-5,14,20H,6H2. The van der Waals surface area contributed by atoms with Crippen LogP contribution in [0.15, 0.2) is 30.3 Å². The van der Waals surface area contributed by atoms with Gasteiger partial charge in [0.15, 0.2) is 17.2 Å². The number of aromatic hydroxyl groups is 1. The summed E-state index contributed by atoms with van der Waals surface area (Å²) >= 11 is 5.81. The molecular weight excluding hydrogens is 312 g/mol. The first-order valence-corrected chi connectivity index (χ1v) is 6.19. The van der Waals surface area contributed by atoms with Crippen molar-refractivity contribution in [3.63, 3.8) is 0 Å². The predicted molar refractivity (Wildman–Crippen MR) is 67.8 cm³/mol. The van der Waals surface area contributed by atoms with E-state index >= 15 is 0 Å². The Morgan fingerprint density at radius 2 is 1.57 bits per heavy atom. The average Bonchev–Trinajstić information content (AvgIpc) is 2.40. The van der Waals surface area contributed by atoms with Crippen LogP contribution in [0.2, 0.25) is 0 Å². The fraction of sp³-hybridized carbons (Fsp3) is 0.143. The third-order valence-corrected chi connectivity index (χ3v) is 3.08. The van der Waals surface area contributed by atoms with Crippen LogP contribution >= 0.6 is 11.6 Å². The fourth-order valence-electron chi connectivity index (χ4n) is 1.63. The van der Waals surface area contributed by atoms with Gasteiger partial charge in [-0.1, -0.05) is 17.7 Å². The van der Waals surface area contributed by atoms with Crippen LogP contribution < -0.4 is 0 Å².